The van der Waals surface area contributed by atoms with E-state index in [-0.39, 0.29) is 5.91 Å². The van der Waals surface area contributed by atoms with Gasteiger partial charge in [-0.2, -0.15) is 0 Å². The van der Waals surface area contributed by atoms with E-state index in [1.807, 2.05) is 38.1 Å². The van der Waals surface area contributed by atoms with Crippen molar-refractivity contribution in [1.82, 2.24) is 5.32 Å². The highest BCUT2D eigenvalue weighted by molar-refractivity contribution is 5.82. The molecule has 4 heteroatoms. The lowest BCUT2D eigenvalue weighted by atomic mass is 9.81. The van der Waals surface area contributed by atoms with Crippen LogP contribution in [0, 0.1) is 5.41 Å². The Labute approximate surface area is 134 Å². The van der Waals surface area contributed by atoms with E-state index in [2.05, 4.69) is 12.2 Å². The maximum Gasteiger partial charge on any atom is 0.227 e. The van der Waals surface area contributed by atoms with Gasteiger partial charge in [-0.05, 0) is 30.4 Å². The first kappa shape index (κ1) is 18.7. The van der Waals surface area contributed by atoms with Gasteiger partial charge in [0, 0.05) is 19.7 Å². The summed E-state index contributed by atoms with van der Waals surface area (Å²) in [5.74, 6) is 0.0456. The molecule has 4 nitrogen and oxygen atoms in total. The first-order chi connectivity index (χ1) is 10.6. The number of nitrogens with two attached hydrogens (primary N) is 1. The topological polar surface area (TPSA) is 64.3 Å². The van der Waals surface area contributed by atoms with Gasteiger partial charge in [-0.1, -0.05) is 45.0 Å². The van der Waals surface area contributed by atoms with Crippen LogP contribution < -0.4 is 11.1 Å². The van der Waals surface area contributed by atoms with Gasteiger partial charge in [-0.3, -0.25) is 4.79 Å². The Bertz CT molecular complexity index is 448. The molecule has 1 aromatic rings. The summed E-state index contributed by atoms with van der Waals surface area (Å²) in [6, 6.07) is 8.07. The lowest BCUT2D eigenvalue weighted by Gasteiger charge is -2.28. The first-order valence-electron chi connectivity index (χ1n) is 8.26. The second-order valence-corrected chi connectivity index (χ2v) is 5.70. The SMILES string of the molecule is CCCOCc1ccccc1CNC(=O)C(CC)(CC)CN. The largest absolute Gasteiger partial charge is 0.377 e. The van der Waals surface area contributed by atoms with Crippen molar-refractivity contribution in [2.75, 3.05) is 13.2 Å². The third kappa shape index (κ3) is 4.82. The van der Waals surface area contributed by atoms with Crippen molar-refractivity contribution in [2.45, 2.75) is 53.2 Å². The molecule has 0 aliphatic rings. The minimum absolute atomic E-state index is 0.0456. The Morgan fingerprint density at radius 1 is 1.18 bits per heavy atom. The zero-order valence-corrected chi connectivity index (χ0v) is 14.2. The van der Waals surface area contributed by atoms with Crippen molar-refractivity contribution in [3.63, 3.8) is 0 Å². The molecular formula is C18H30N2O2. The average molecular weight is 306 g/mol. The standard InChI is InChI=1S/C18H30N2O2/c1-4-11-22-13-16-10-8-7-9-15(16)12-20-17(21)18(5-2,6-3)14-19/h7-10H,4-6,11-14,19H2,1-3H3,(H,20,21). The molecule has 0 saturated heterocycles. The normalized spacial score (nSPS) is 11.5. The van der Waals surface area contributed by atoms with Crippen molar-refractivity contribution in [3.8, 4) is 0 Å². The number of nitrogens with one attached hydrogen (secondary N) is 1. The van der Waals surface area contributed by atoms with Crippen molar-refractivity contribution >= 4 is 5.91 Å². The maximum absolute atomic E-state index is 12.5. The highest BCUT2D eigenvalue weighted by Crippen LogP contribution is 2.25. The molecule has 0 unspecified atom stereocenters. The number of rotatable bonds is 10. The highest BCUT2D eigenvalue weighted by atomic mass is 16.5. The van der Waals surface area contributed by atoms with E-state index in [9.17, 15) is 4.79 Å². The zero-order chi connectivity index (χ0) is 16.4. The molecule has 22 heavy (non-hydrogen) atoms. The Hall–Kier alpha value is -1.39. The van der Waals surface area contributed by atoms with Crippen molar-refractivity contribution in [1.29, 1.82) is 0 Å². The van der Waals surface area contributed by atoms with Gasteiger partial charge in [0.05, 0.1) is 12.0 Å². The van der Waals surface area contributed by atoms with Crippen LogP contribution in [-0.4, -0.2) is 19.1 Å². The minimum atomic E-state index is -0.451. The molecule has 1 rings (SSSR count). The summed E-state index contributed by atoms with van der Waals surface area (Å²) >= 11 is 0. The minimum Gasteiger partial charge on any atom is -0.377 e. The van der Waals surface area contributed by atoms with Gasteiger partial charge in [0.25, 0.3) is 0 Å². The smallest absolute Gasteiger partial charge is 0.227 e. The van der Waals surface area contributed by atoms with Gasteiger partial charge in [-0.15, -0.1) is 0 Å². The predicted molar refractivity (Wildman–Crippen MR) is 90.3 cm³/mol. The summed E-state index contributed by atoms with van der Waals surface area (Å²) in [5.41, 5.74) is 7.61. The van der Waals surface area contributed by atoms with E-state index >= 15 is 0 Å². The first-order valence-corrected chi connectivity index (χ1v) is 8.26. The Kier molecular flexibility index (Phi) is 8.13. The summed E-state index contributed by atoms with van der Waals surface area (Å²) in [6.45, 7) is 8.37. The molecule has 124 valence electrons. The molecule has 3 N–H and O–H groups in total. The molecule has 0 heterocycles. The number of benzene rings is 1. The van der Waals surface area contributed by atoms with E-state index in [0.29, 0.717) is 19.7 Å². The quantitative estimate of drug-likeness (QED) is 0.653. The van der Waals surface area contributed by atoms with E-state index in [1.165, 1.54) is 0 Å². The van der Waals surface area contributed by atoms with E-state index in [0.717, 1.165) is 37.0 Å². The average Bonchev–Trinajstić information content (AvgIpc) is 2.56. The van der Waals surface area contributed by atoms with E-state index < -0.39 is 5.41 Å². The number of ether oxygens (including phenoxy) is 1. The summed E-state index contributed by atoms with van der Waals surface area (Å²) in [6.07, 6.45) is 2.52. The monoisotopic (exact) mass is 306 g/mol. The van der Waals surface area contributed by atoms with Crippen LogP contribution in [0.3, 0.4) is 0 Å². The summed E-state index contributed by atoms with van der Waals surface area (Å²) in [4.78, 5) is 12.5. The van der Waals surface area contributed by atoms with Crippen molar-refractivity contribution < 1.29 is 9.53 Å². The number of hydrogen-bond donors (Lipinski definition) is 2. The van der Waals surface area contributed by atoms with Crippen molar-refractivity contribution in [3.05, 3.63) is 35.4 Å². The Morgan fingerprint density at radius 3 is 2.36 bits per heavy atom. The van der Waals surface area contributed by atoms with Crippen LogP contribution in [0.25, 0.3) is 0 Å². The third-order valence-corrected chi connectivity index (χ3v) is 4.39. The maximum atomic E-state index is 12.5. The Morgan fingerprint density at radius 2 is 1.82 bits per heavy atom. The van der Waals surface area contributed by atoms with Gasteiger partial charge >= 0.3 is 0 Å². The molecule has 0 aliphatic heterocycles. The van der Waals surface area contributed by atoms with Crippen LogP contribution in [0.1, 0.15) is 51.2 Å². The molecule has 0 aromatic heterocycles. The van der Waals surface area contributed by atoms with Gasteiger partial charge < -0.3 is 15.8 Å². The molecule has 0 spiro atoms. The van der Waals surface area contributed by atoms with Gasteiger partial charge in [0.2, 0.25) is 5.91 Å². The van der Waals surface area contributed by atoms with Crippen LogP contribution in [0.15, 0.2) is 24.3 Å². The molecule has 0 aliphatic carbocycles. The molecule has 1 amide bonds. The second kappa shape index (κ2) is 9.59. The van der Waals surface area contributed by atoms with Gasteiger partial charge in [-0.25, -0.2) is 0 Å². The highest BCUT2D eigenvalue weighted by Gasteiger charge is 2.32. The summed E-state index contributed by atoms with van der Waals surface area (Å²) in [5, 5.41) is 3.05. The fourth-order valence-electron chi connectivity index (χ4n) is 2.51. The van der Waals surface area contributed by atoms with Gasteiger partial charge in [0.15, 0.2) is 0 Å². The third-order valence-electron chi connectivity index (χ3n) is 4.39. The van der Waals surface area contributed by atoms with Crippen LogP contribution in [0.5, 0.6) is 0 Å². The summed E-state index contributed by atoms with van der Waals surface area (Å²) < 4.78 is 5.61. The fraction of sp³-hybridized carbons (Fsp3) is 0.611. The summed E-state index contributed by atoms with van der Waals surface area (Å²) in [7, 11) is 0. The van der Waals surface area contributed by atoms with Crippen LogP contribution in [0.4, 0.5) is 0 Å². The second-order valence-electron chi connectivity index (χ2n) is 5.70. The molecule has 1 aromatic carbocycles. The lowest BCUT2D eigenvalue weighted by molar-refractivity contribution is -0.131. The zero-order valence-electron chi connectivity index (χ0n) is 14.2. The van der Waals surface area contributed by atoms with E-state index in [4.69, 9.17) is 10.5 Å². The Balaban J connectivity index is 2.69. The number of carbonyl (C=O) groups is 1. The van der Waals surface area contributed by atoms with Crippen LogP contribution >= 0.6 is 0 Å². The molecule has 0 fully saturated rings. The molecule has 0 radical (unpaired) electrons. The van der Waals surface area contributed by atoms with Crippen LogP contribution in [-0.2, 0) is 22.7 Å². The molecule has 0 saturated carbocycles. The predicted octanol–water partition coefficient (Wildman–Crippen LogP) is 2.99. The molecule has 0 atom stereocenters. The van der Waals surface area contributed by atoms with Crippen LogP contribution in [0.2, 0.25) is 0 Å². The fourth-order valence-corrected chi connectivity index (χ4v) is 2.51. The number of hydrogen-bond acceptors (Lipinski definition) is 3. The molecule has 0 bridgehead atoms. The number of amides is 1. The lowest BCUT2D eigenvalue weighted by Crippen LogP contribution is -2.45. The number of carbonyl (C=O) groups excluding carboxylic acids is 1. The molecular weight excluding hydrogens is 276 g/mol. The van der Waals surface area contributed by atoms with Crippen molar-refractivity contribution in [2.24, 2.45) is 11.1 Å². The van der Waals surface area contributed by atoms with E-state index in [1.54, 1.807) is 0 Å². The van der Waals surface area contributed by atoms with Gasteiger partial charge in [0.1, 0.15) is 0 Å².